The lowest BCUT2D eigenvalue weighted by Gasteiger charge is -2.31. The van der Waals surface area contributed by atoms with Gasteiger partial charge in [0.2, 0.25) is 0 Å². The molecular weight excluding hydrogens is 306 g/mol. The molecule has 1 aliphatic heterocycles. The molecule has 0 saturated carbocycles. The molecule has 0 saturated heterocycles. The number of anilines is 1. The first-order valence-electron chi connectivity index (χ1n) is 6.99. The molecule has 0 N–H and O–H groups in total. The van der Waals surface area contributed by atoms with Crippen LogP contribution in [0.3, 0.4) is 0 Å². The molecule has 1 aliphatic carbocycles. The van der Waals surface area contributed by atoms with Gasteiger partial charge in [-0.1, -0.05) is 24.3 Å². The molecule has 0 radical (unpaired) electrons. The number of allylic oxidation sites excluding steroid dienone is 1. The third-order valence-electron chi connectivity index (χ3n) is 4.00. The quantitative estimate of drug-likeness (QED) is 0.746. The fourth-order valence-corrected chi connectivity index (χ4v) is 3.43. The molecule has 1 aromatic rings. The van der Waals surface area contributed by atoms with Crippen molar-refractivity contribution in [2.75, 3.05) is 11.5 Å². The van der Waals surface area contributed by atoms with Crippen LogP contribution >= 0.6 is 11.6 Å². The zero-order valence-corrected chi connectivity index (χ0v) is 12.7. The molecular formula is C16H14ClNO4. The van der Waals surface area contributed by atoms with Crippen LogP contribution in [0, 0.1) is 0 Å². The molecule has 0 bridgehead atoms. The van der Waals surface area contributed by atoms with Crippen LogP contribution in [-0.4, -0.2) is 29.8 Å². The molecule has 22 heavy (non-hydrogen) atoms. The van der Waals surface area contributed by atoms with Gasteiger partial charge in [0.05, 0.1) is 17.7 Å². The third-order valence-corrected chi connectivity index (χ3v) is 4.50. The number of halogens is 1. The Hall–Kier alpha value is -2.14. The van der Waals surface area contributed by atoms with Crippen molar-refractivity contribution in [3.05, 3.63) is 42.0 Å². The molecule has 2 amide bonds. The van der Waals surface area contributed by atoms with Gasteiger partial charge in [0.1, 0.15) is 5.41 Å². The zero-order valence-electron chi connectivity index (χ0n) is 11.9. The van der Waals surface area contributed by atoms with Gasteiger partial charge in [-0.15, -0.1) is 11.6 Å². The highest BCUT2D eigenvalue weighted by Gasteiger charge is 2.57. The minimum Gasteiger partial charge on any atom is -0.449 e. The molecule has 114 valence electrons. The number of ketones is 1. The average molecular weight is 320 g/mol. The van der Waals surface area contributed by atoms with Crippen LogP contribution in [0.4, 0.5) is 10.5 Å². The number of para-hydroxylation sites is 1. The van der Waals surface area contributed by atoms with Crippen LogP contribution in [0.15, 0.2) is 36.4 Å². The monoisotopic (exact) mass is 319 g/mol. The number of ether oxygens (including phenoxy) is 1. The fraction of sp³-hybridized carbons (Fsp3) is 0.312. The highest BCUT2D eigenvalue weighted by atomic mass is 35.5. The van der Waals surface area contributed by atoms with E-state index in [1.807, 2.05) is 0 Å². The number of hydrogen-bond acceptors (Lipinski definition) is 4. The Labute approximate surface area is 132 Å². The Balaban J connectivity index is 2.18. The van der Waals surface area contributed by atoms with Gasteiger partial charge < -0.3 is 4.74 Å². The summed E-state index contributed by atoms with van der Waals surface area (Å²) in [7, 11) is 0. The lowest BCUT2D eigenvalue weighted by molar-refractivity contribution is -0.122. The van der Waals surface area contributed by atoms with Crippen molar-refractivity contribution < 1.29 is 19.1 Å². The van der Waals surface area contributed by atoms with E-state index in [1.54, 1.807) is 31.2 Å². The number of amides is 2. The van der Waals surface area contributed by atoms with Crippen molar-refractivity contribution in [2.24, 2.45) is 0 Å². The minimum atomic E-state index is -1.20. The van der Waals surface area contributed by atoms with Gasteiger partial charge in [-0.25, -0.2) is 9.69 Å². The Kier molecular flexibility index (Phi) is 3.53. The third kappa shape index (κ3) is 1.89. The SMILES string of the molecule is CCOC(=O)N1C(=O)[C@]2(C=CC(=O)C[C@@H]2Cl)c2ccccc21. The number of fused-ring (bicyclic) bond motifs is 2. The summed E-state index contributed by atoms with van der Waals surface area (Å²) in [6.45, 7) is 1.83. The predicted molar refractivity (Wildman–Crippen MR) is 81.0 cm³/mol. The van der Waals surface area contributed by atoms with E-state index in [-0.39, 0.29) is 18.8 Å². The van der Waals surface area contributed by atoms with Crippen LogP contribution in [0.5, 0.6) is 0 Å². The first-order valence-corrected chi connectivity index (χ1v) is 7.43. The van der Waals surface area contributed by atoms with E-state index in [9.17, 15) is 14.4 Å². The summed E-state index contributed by atoms with van der Waals surface area (Å²) in [4.78, 5) is 37.7. The Bertz CT molecular complexity index is 699. The van der Waals surface area contributed by atoms with Crippen LogP contribution in [-0.2, 0) is 19.7 Å². The smallest absolute Gasteiger partial charge is 0.421 e. The van der Waals surface area contributed by atoms with Gasteiger partial charge in [0, 0.05) is 6.42 Å². The number of imide groups is 1. The first kappa shape index (κ1) is 14.8. The van der Waals surface area contributed by atoms with Crippen molar-refractivity contribution in [2.45, 2.75) is 24.1 Å². The number of carbonyl (C=O) groups excluding carboxylic acids is 3. The number of nitrogens with zero attached hydrogens (tertiary/aromatic N) is 1. The first-order chi connectivity index (χ1) is 10.5. The lowest BCUT2D eigenvalue weighted by atomic mass is 9.73. The minimum absolute atomic E-state index is 0.0504. The van der Waals surface area contributed by atoms with E-state index in [0.717, 1.165) is 4.90 Å². The van der Waals surface area contributed by atoms with Crippen LogP contribution in [0.25, 0.3) is 0 Å². The van der Waals surface area contributed by atoms with E-state index in [0.29, 0.717) is 11.3 Å². The van der Waals surface area contributed by atoms with Gasteiger partial charge in [-0.2, -0.15) is 0 Å². The molecule has 0 aromatic heterocycles. The summed E-state index contributed by atoms with van der Waals surface area (Å²) < 4.78 is 4.98. The van der Waals surface area contributed by atoms with E-state index in [4.69, 9.17) is 16.3 Å². The van der Waals surface area contributed by atoms with E-state index in [1.165, 1.54) is 12.2 Å². The van der Waals surface area contributed by atoms with Crippen LogP contribution in [0.1, 0.15) is 18.9 Å². The van der Waals surface area contributed by atoms with E-state index >= 15 is 0 Å². The zero-order chi connectivity index (χ0) is 15.9. The van der Waals surface area contributed by atoms with Crippen LogP contribution in [0.2, 0.25) is 0 Å². The number of alkyl halides is 1. The topological polar surface area (TPSA) is 63.7 Å². The summed E-state index contributed by atoms with van der Waals surface area (Å²) in [6, 6.07) is 6.93. The number of hydrogen-bond donors (Lipinski definition) is 0. The molecule has 5 nitrogen and oxygen atoms in total. The number of carbonyl (C=O) groups is 3. The number of benzene rings is 1. The van der Waals surface area contributed by atoms with E-state index in [2.05, 4.69) is 0 Å². The molecule has 1 aromatic carbocycles. The molecule has 3 rings (SSSR count). The standard InChI is InChI=1S/C16H14ClNO4/c1-2-22-15(21)18-12-6-4-3-5-11(12)16(14(18)20)8-7-10(19)9-13(16)17/h3-8,13H,2,9H2,1H3/t13-,16+/m0/s1. The Morgan fingerprint density at radius 1 is 1.41 bits per heavy atom. The maximum Gasteiger partial charge on any atom is 0.421 e. The summed E-state index contributed by atoms with van der Waals surface area (Å²) in [6.07, 6.45) is 2.19. The Morgan fingerprint density at radius 3 is 2.82 bits per heavy atom. The summed E-state index contributed by atoms with van der Waals surface area (Å²) in [5, 5.41) is -0.738. The van der Waals surface area contributed by atoms with Crippen molar-refractivity contribution >= 4 is 35.1 Å². The second-order valence-corrected chi connectivity index (χ2v) is 5.72. The second kappa shape index (κ2) is 5.25. The number of rotatable bonds is 1. The van der Waals surface area contributed by atoms with Gasteiger partial charge in [-0.05, 0) is 24.6 Å². The Morgan fingerprint density at radius 2 is 2.14 bits per heavy atom. The van der Waals surface area contributed by atoms with Gasteiger partial charge in [0.15, 0.2) is 5.78 Å². The fourth-order valence-electron chi connectivity index (χ4n) is 3.00. The summed E-state index contributed by atoms with van der Waals surface area (Å²) in [5.41, 5.74) is -0.119. The highest BCUT2D eigenvalue weighted by molar-refractivity contribution is 6.31. The molecule has 2 atom stereocenters. The molecule has 6 heteroatoms. The van der Waals surface area contributed by atoms with Crippen molar-refractivity contribution in [1.29, 1.82) is 0 Å². The average Bonchev–Trinajstić information content (AvgIpc) is 2.73. The largest absolute Gasteiger partial charge is 0.449 e. The maximum absolute atomic E-state index is 13.0. The van der Waals surface area contributed by atoms with Crippen LogP contribution < -0.4 is 4.90 Å². The normalized spacial score (nSPS) is 26.5. The summed E-state index contributed by atoms with van der Waals surface area (Å²) >= 11 is 6.37. The molecule has 0 unspecified atom stereocenters. The van der Waals surface area contributed by atoms with E-state index < -0.39 is 22.8 Å². The predicted octanol–water partition coefficient (Wildman–Crippen LogP) is 2.56. The molecule has 1 heterocycles. The van der Waals surface area contributed by atoms with Crippen molar-refractivity contribution in [1.82, 2.24) is 0 Å². The second-order valence-electron chi connectivity index (χ2n) is 5.20. The summed E-state index contributed by atoms with van der Waals surface area (Å²) in [5.74, 6) is -0.610. The van der Waals surface area contributed by atoms with Gasteiger partial charge in [0.25, 0.3) is 5.91 Å². The van der Waals surface area contributed by atoms with Crippen molar-refractivity contribution in [3.63, 3.8) is 0 Å². The van der Waals surface area contributed by atoms with Crippen molar-refractivity contribution in [3.8, 4) is 0 Å². The lowest BCUT2D eigenvalue weighted by Crippen LogP contribution is -2.49. The molecule has 1 spiro atoms. The maximum atomic E-state index is 13.0. The molecule has 0 fully saturated rings. The highest BCUT2D eigenvalue weighted by Crippen LogP contribution is 2.49. The van der Waals surface area contributed by atoms with Gasteiger partial charge >= 0.3 is 6.09 Å². The van der Waals surface area contributed by atoms with Gasteiger partial charge in [-0.3, -0.25) is 9.59 Å². The molecule has 2 aliphatic rings.